The fraction of sp³-hybridized carbons (Fsp3) is 0.312. The van der Waals surface area contributed by atoms with Crippen molar-refractivity contribution in [3.63, 3.8) is 0 Å². The van der Waals surface area contributed by atoms with Crippen molar-refractivity contribution in [2.75, 3.05) is 0 Å². The van der Waals surface area contributed by atoms with Gasteiger partial charge >= 0.3 is 6.61 Å². The first-order valence-corrected chi connectivity index (χ1v) is 7.84. The molecule has 0 saturated carbocycles. The lowest BCUT2D eigenvalue weighted by Crippen LogP contribution is -2.26. The smallest absolute Gasteiger partial charge is 0.387 e. The zero-order valence-electron chi connectivity index (χ0n) is 12.1. The predicted octanol–water partition coefficient (Wildman–Crippen LogP) is 4.16. The Morgan fingerprint density at radius 1 is 1.36 bits per heavy atom. The van der Waals surface area contributed by atoms with E-state index in [4.69, 9.17) is 0 Å². The number of hydrogen-bond donors (Lipinski definition) is 1. The van der Waals surface area contributed by atoms with Gasteiger partial charge in [-0.2, -0.15) is 20.1 Å². The van der Waals surface area contributed by atoms with Gasteiger partial charge in [0.05, 0.1) is 6.04 Å². The summed E-state index contributed by atoms with van der Waals surface area (Å²) in [4.78, 5) is 11.9. The molecule has 3 nitrogen and oxygen atoms in total. The number of carbonyl (C=O) groups is 1. The molecule has 2 aromatic rings. The van der Waals surface area contributed by atoms with Crippen molar-refractivity contribution in [1.82, 2.24) is 5.32 Å². The molecule has 0 aliphatic rings. The maximum Gasteiger partial charge on any atom is 0.387 e. The average molecular weight is 325 g/mol. The maximum absolute atomic E-state index is 12.2. The molecule has 0 fully saturated rings. The minimum absolute atomic E-state index is 0.0705. The summed E-state index contributed by atoms with van der Waals surface area (Å²) >= 11 is 1.60. The number of hydrogen-bond acceptors (Lipinski definition) is 3. The monoisotopic (exact) mass is 325 g/mol. The molecule has 0 spiro atoms. The SMILES string of the molecule is C[C@H](NC(=O)CCc1ccsc1)c1cccc(OC(F)F)c1. The second kappa shape index (κ2) is 7.89. The Labute approximate surface area is 131 Å². The van der Waals surface area contributed by atoms with Gasteiger partial charge in [0, 0.05) is 6.42 Å². The topological polar surface area (TPSA) is 38.3 Å². The molecule has 1 aromatic heterocycles. The lowest BCUT2D eigenvalue weighted by Gasteiger charge is -2.15. The largest absolute Gasteiger partial charge is 0.435 e. The normalized spacial score (nSPS) is 12.2. The number of aryl methyl sites for hydroxylation is 1. The van der Waals surface area contributed by atoms with Gasteiger partial charge in [-0.15, -0.1) is 0 Å². The molecule has 22 heavy (non-hydrogen) atoms. The number of nitrogens with one attached hydrogen (secondary N) is 1. The van der Waals surface area contributed by atoms with Gasteiger partial charge in [0.1, 0.15) is 5.75 Å². The highest BCUT2D eigenvalue weighted by molar-refractivity contribution is 7.07. The first kappa shape index (κ1) is 16.4. The number of thiophene rings is 1. The van der Waals surface area contributed by atoms with E-state index >= 15 is 0 Å². The Hall–Kier alpha value is -1.95. The summed E-state index contributed by atoms with van der Waals surface area (Å²) in [6.07, 6.45) is 1.09. The van der Waals surface area contributed by atoms with E-state index in [0.29, 0.717) is 12.8 Å². The molecule has 0 saturated heterocycles. The molecule has 0 aliphatic carbocycles. The lowest BCUT2D eigenvalue weighted by atomic mass is 10.1. The van der Waals surface area contributed by atoms with Crippen molar-refractivity contribution in [1.29, 1.82) is 0 Å². The van der Waals surface area contributed by atoms with Crippen LogP contribution >= 0.6 is 11.3 Å². The van der Waals surface area contributed by atoms with Gasteiger partial charge < -0.3 is 10.1 Å². The van der Waals surface area contributed by atoms with E-state index in [-0.39, 0.29) is 17.7 Å². The molecule has 1 heterocycles. The summed E-state index contributed by atoms with van der Waals surface area (Å²) < 4.78 is 28.8. The second-order valence-corrected chi connectivity index (χ2v) is 5.65. The summed E-state index contributed by atoms with van der Waals surface area (Å²) in [5.74, 6) is 0.0192. The van der Waals surface area contributed by atoms with Gasteiger partial charge in [-0.1, -0.05) is 12.1 Å². The van der Waals surface area contributed by atoms with Crippen molar-refractivity contribution in [2.24, 2.45) is 0 Å². The van der Waals surface area contributed by atoms with Gasteiger partial charge in [0.15, 0.2) is 0 Å². The van der Waals surface area contributed by atoms with E-state index in [1.807, 2.05) is 23.8 Å². The molecule has 6 heteroatoms. The number of alkyl halides is 2. The fourth-order valence-electron chi connectivity index (χ4n) is 2.05. The van der Waals surface area contributed by atoms with Crippen LogP contribution in [0.3, 0.4) is 0 Å². The van der Waals surface area contributed by atoms with E-state index < -0.39 is 6.61 Å². The van der Waals surface area contributed by atoms with Crippen LogP contribution < -0.4 is 10.1 Å². The number of ether oxygens (including phenoxy) is 1. The van der Waals surface area contributed by atoms with Gasteiger partial charge in [-0.05, 0) is 53.4 Å². The molecule has 118 valence electrons. The molecule has 0 aliphatic heterocycles. The lowest BCUT2D eigenvalue weighted by molar-refractivity contribution is -0.121. The highest BCUT2D eigenvalue weighted by Crippen LogP contribution is 2.20. The third-order valence-corrected chi connectivity index (χ3v) is 3.91. The van der Waals surface area contributed by atoms with E-state index in [1.165, 1.54) is 12.1 Å². The first-order valence-electron chi connectivity index (χ1n) is 6.90. The minimum atomic E-state index is -2.86. The van der Waals surface area contributed by atoms with Gasteiger partial charge in [-0.25, -0.2) is 0 Å². The fourth-order valence-corrected chi connectivity index (χ4v) is 2.75. The van der Waals surface area contributed by atoms with Gasteiger partial charge in [-0.3, -0.25) is 4.79 Å². The third-order valence-electron chi connectivity index (χ3n) is 3.18. The average Bonchev–Trinajstić information content (AvgIpc) is 2.98. The first-order chi connectivity index (χ1) is 10.5. The minimum Gasteiger partial charge on any atom is -0.435 e. The molecule has 1 amide bonds. The third kappa shape index (κ3) is 5.11. The highest BCUT2D eigenvalue weighted by atomic mass is 32.1. The Balaban J connectivity index is 1.88. The molecule has 0 bridgehead atoms. The number of carbonyl (C=O) groups excluding carboxylic acids is 1. The van der Waals surface area contributed by atoms with Gasteiger partial charge in [0.25, 0.3) is 0 Å². The number of halogens is 2. The maximum atomic E-state index is 12.2. The van der Waals surface area contributed by atoms with E-state index in [2.05, 4.69) is 10.1 Å². The Morgan fingerprint density at radius 2 is 2.18 bits per heavy atom. The Morgan fingerprint density at radius 3 is 2.86 bits per heavy atom. The van der Waals surface area contributed by atoms with E-state index in [9.17, 15) is 13.6 Å². The van der Waals surface area contributed by atoms with Crippen LogP contribution in [0.1, 0.15) is 30.5 Å². The molecule has 1 N–H and O–H groups in total. The molecule has 1 aromatic carbocycles. The van der Waals surface area contributed by atoms with Crippen molar-refractivity contribution in [2.45, 2.75) is 32.4 Å². The van der Waals surface area contributed by atoms with E-state index in [1.54, 1.807) is 23.5 Å². The molecular weight excluding hydrogens is 308 g/mol. The van der Waals surface area contributed by atoms with Gasteiger partial charge in [0.2, 0.25) is 5.91 Å². The summed E-state index contributed by atoms with van der Waals surface area (Å²) in [7, 11) is 0. The van der Waals surface area contributed by atoms with Crippen LogP contribution in [0.25, 0.3) is 0 Å². The second-order valence-electron chi connectivity index (χ2n) is 4.87. The predicted molar refractivity (Wildman–Crippen MR) is 82.3 cm³/mol. The van der Waals surface area contributed by atoms with Crippen molar-refractivity contribution in [3.8, 4) is 5.75 Å². The van der Waals surface area contributed by atoms with Crippen LogP contribution in [0.2, 0.25) is 0 Å². The van der Waals surface area contributed by atoms with Crippen LogP contribution in [0.4, 0.5) is 8.78 Å². The molecule has 1 atom stereocenters. The molecule has 0 unspecified atom stereocenters. The van der Waals surface area contributed by atoms with E-state index in [0.717, 1.165) is 11.1 Å². The molecule has 2 rings (SSSR count). The number of benzene rings is 1. The summed E-state index contributed by atoms with van der Waals surface area (Å²) in [6, 6.07) is 8.09. The zero-order valence-corrected chi connectivity index (χ0v) is 12.9. The quantitative estimate of drug-likeness (QED) is 0.830. The van der Waals surface area contributed by atoms with Crippen molar-refractivity contribution in [3.05, 3.63) is 52.2 Å². The summed E-state index contributed by atoms with van der Waals surface area (Å²) in [5.41, 5.74) is 1.86. The van der Waals surface area contributed by atoms with Crippen LogP contribution in [0, 0.1) is 0 Å². The number of rotatable bonds is 7. The molecule has 0 radical (unpaired) electrons. The standard InChI is InChI=1S/C16H17F2NO2S/c1-11(13-3-2-4-14(9-13)21-16(17)18)19-15(20)6-5-12-7-8-22-10-12/h2-4,7-11,16H,5-6H2,1H3,(H,19,20)/t11-/m0/s1. The highest BCUT2D eigenvalue weighted by Gasteiger charge is 2.12. The van der Waals surface area contributed by atoms with Crippen molar-refractivity contribution >= 4 is 17.2 Å². The zero-order chi connectivity index (χ0) is 15.9. The van der Waals surface area contributed by atoms with Crippen LogP contribution in [0.5, 0.6) is 5.75 Å². The Bertz CT molecular complexity index is 602. The summed E-state index contributed by atoms with van der Waals surface area (Å²) in [6.45, 7) is -1.05. The van der Waals surface area contributed by atoms with Crippen LogP contribution in [-0.4, -0.2) is 12.5 Å². The van der Waals surface area contributed by atoms with Crippen LogP contribution in [0.15, 0.2) is 41.1 Å². The Kier molecular flexibility index (Phi) is 5.89. The van der Waals surface area contributed by atoms with Crippen molar-refractivity contribution < 1.29 is 18.3 Å². The molecular formula is C16H17F2NO2S. The summed E-state index contributed by atoms with van der Waals surface area (Å²) in [5, 5.41) is 6.85. The number of amides is 1. The van der Waals surface area contributed by atoms with Crippen LogP contribution in [-0.2, 0) is 11.2 Å².